The number of nitriles is 1. The summed E-state index contributed by atoms with van der Waals surface area (Å²) in [6.45, 7) is 0. The number of carbonyl (C=O) groups is 1. The number of anilines is 2. The molecule has 0 bridgehead atoms. The molecule has 0 heterocycles. The van der Waals surface area contributed by atoms with E-state index in [0.717, 1.165) is 24.3 Å². The van der Waals surface area contributed by atoms with Gasteiger partial charge in [-0.1, -0.05) is 11.6 Å². The van der Waals surface area contributed by atoms with Crippen LogP contribution in [0.2, 0.25) is 5.02 Å². The van der Waals surface area contributed by atoms with Crippen LogP contribution in [0.5, 0.6) is 0 Å². The first-order valence-corrected chi connectivity index (χ1v) is 7.35. The number of benzene rings is 2. The summed E-state index contributed by atoms with van der Waals surface area (Å²) in [5.74, 6) is 0. The van der Waals surface area contributed by atoms with Crippen LogP contribution in [0.25, 0.3) is 0 Å². The van der Waals surface area contributed by atoms with Gasteiger partial charge in [0.2, 0.25) is 0 Å². The van der Waals surface area contributed by atoms with Crippen LogP contribution in [0.1, 0.15) is 16.7 Å². The minimum absolute atomic E-state index is 0.270. The number of hydrogen-bond donors (Lipinski definition) is 2. The molecule has 4 nitrogen and oxygen atoms in total. The fraction of sp³-hybridized carbons (Fsp3) is 0.125. The van der Waals surface area contributed by atoms with Gasteiger partial charge in [-0.3, -0.25) is 0 Å². The number of urea groups is 1. The van der Waals surface area contributed by atoms with Crippen molar-refractivity contribution in [2.24, 2.45) is 0 Å². The average Bonchev–Trinajstić information content (AvgIpc) is 2.54. The van der Waals surface area contributed by atoms with Gasteiger partial charge in [-0.05, 0) is 36.4 Å². The predicted molar refractivity (Wildman–Crippen MR) is 85.3 cm³/mol. The summed E-state index contributed by atoms with van der Waals surface area (Å²) < 4.78 is 77.1. The van der Waals surface area contributed by atoms with Crippen molar-refractivity contribution in [1.82, 2.24) is 0 Å². The van der Waals surface area contributed by atoms with Gasteiger partial charge in [0.15, 0.2) is 0 Å². The summed E-state index contributed by atoms with van der Waals surface area (Å²) in [5.41, 5.74) is -3.65. The van der Waals surface area contributed by atoms with E-state index in [4.69, 9.17) is 16.9 Å². The Bertz CT molecular complexity index is 918. The van der Waals surface area contributed by atoms with Crippen molar-refractivity contribution in [1.29, 1.82) is 5.26 Å². The normalized spacial score (nSPS) is 11.6. The summed E-state index contributed by atoms with van der Waals surface area (Å²) in [6.07, 6.45) is -9.57. The van der Waals surface area contributed by atoms with Crippen molar-refractivity contribution >= 4 is 29.0 Å². The first kappa shape index (κ1) is 20.4. The van der Waals surface area contributed by atoms with Crippen LogP contribution in [0.4, 0.5) is 42.5 Å². The highest BCUT2D eigenvalue weighted by atomic mass is 35.5. The third-order valence-corrected chi connectivity index (χ3v) is 3.56. The largest absolute Gasteiger partial charge is 0.417 e. The molecule has 2 aromatic rings. The molecule has 2 rings (SSSR count). The lowest BCUT2D eigenvalue weighted by Crippen LogP contribution is -2.20. The lowest BCUT2D eigenvalue weighted by atomic mass is 10.1. The molecule has 0 aromatic heterocycles. The Morgan fingerprint density at radius 3 is 1.85 bits per heavy atom. The Morgan fingerprint density at radius 2 is 1.37 bits per heavy atom. The van der Waals surface area contributed by atoms with E-state index < -0.39 is 40.1 Å². The molecule has 0 atom stereocenters. The van der Waals surface area contributed by atoms with Crippen molar-refractivity contribution in [2.75, 3.05) is 10.6 Å². The lowest BCUT2D eigenvalue weighted by molar-refractivity contribution is -0.138. The molecule has 0 unspecified atom stereocenters. The Balaban J connectivity index is 2.21. The molecule has 0 aliphatic carbocycles. The van der Waals surface area contributed by atoms with E-state index in [0.29, 0.717) is 12.1 Å². The smallest absolute Gasteiger partial charge is 0.308 e. The molecule has 27 heavy (non-hydrogen) atoms. The number of amides is 2. The number of carbonyl (C=O) groups excluding carboxylic acids is 1. The van der Waals surface area contributed by atoms with Crippen LogP contribution >= 0.6 is 11.6 Å². The third kappa shape index (κ3) is 5.04. The van der Waals surface area contributed by atoms with E-state index >= 15 is 0 Å². The quantitative estimate of drug-likeness (QED) is 0.609. The van der Waals surface area contributed by atoms with E-state index in [1.54, 1.807) is 0 Å². The summed E-state index contributed by atoms with van der Waals surface area (Å²) in [7, 11) is 0. The molecule has 0 saturated carbocycles. The number of alkyl halides is 6. The van der Waals surface area contributed by atoms with E-state index in [2.05, 4.69) is 10.6 Å². The van der Waals surface area contributed by atoms with Gasteiger partial charge in [-0.25, -0.2) is 4.79 Å². The van der Waals surface area contributed by atoms with E-state index in [-0.39, 0.29) is 11.4 Å². The highest BCUT2D eigenvalue weighted by molar-refractivity contribution is 6.31. The van der Waals surface area contributed by atoms with Crippen LogP contribution < -0.4 is 10.6 Å². The second-order valence-electron chi connectivity index (χ2n) is 5.14. The Morgan fingerprint density at radius 1 is 0.889 bits per heavy atom. The van der Waals surface area contributed by atoms with Crippen molar-refractivity contribution in [3.05, 3.63) is 58.1 Å². The van der Waals surface area contributed by atoms with Crippen LogP contribution in [-0.4, -0.2) is 6.03 Å². The first-order chi connectivity index (χ1) is 12.4. The number of nitrogens with one attached hydrogen (secondary N) is 2. The van der Waals surface area contributed by atoms with Gasteiger partial charge in [0.25, 0.3) is 0 Å². The molecule has 142 valence electrons. The van der Waals surface area contributed by atoms with Gasteiger partial charge < -0.3 is 10.6 Å². The molecule has 0 fully saturated rings. The number of hydrogen-bond acceptors (Lipinski definition) is 2. The predicted octanol–water partition coefficient (Wildman–Crippen LogP) is 5.89. The van der Waals surface area contributed by atoms with Gasteiger partial charge in [0, 0.05) is 11.4 Å². The highest BCUT2D eigenvalue weighted by Crippen LogP contribution is 2.36. The maximum atomic E-state index is 12.9. The molecule has 11 heteroatoms. The summed E-state index contributed by atoms with van der Waals surface area (Å²) in [6, 6.07) is 5.36. The molecule has 0 radical (unpaired) electrons. The number of halogens is 7. The molecule has 0 aliphatic rings. The molecule has 2 aromatic carbocycles. The second-order valence-corrected chi connectivity index (χ2v) is 5.55. The zero-order valence-corrected chi connectivity index (χ0v) is 13.7. The van der Waals surface area contributed by atoms with E-state index in [9.17, 15) is 31.1 Å². The van der Waals surface area contributed by atoms with Crippen LogP contribution in [0.3, 0.4) is 0 Å². The van der Waals surface area contributed by atoms with Crippen molar-refractivity contribution in [2.45, 2.75) is 12.4 Å². The zero-order valence-electron chi connectivity index (χ0n) is 13.0. The molecule has 0 saturated heterocycles. The maximum Gasteiger partial charge on any atom is 0.417 e. The second kappa shape index (κ2) is 7.36. The molecule has 2 amide bonds. The van der Waals surface area contributed by atoms with Crippen molar-refractivity contribution in [3.8, 4) is 6.07 Å². The van der Waals surface area contributed by atoms with Gasteiger partial charge in [-0.15, -0.1) is 0 Å². The minimum Gasteiger partial charge on any atom is -0.308 e. The lowest BCUT2D eigenvalue weighted by Gasteiger charge is -2.14. The minimum atomic E-state index is -4.82. The average molecular weight is 408 g/mol. The van der Waals surface area contributed by atoms with E-state index in [1.165, 1.54) is 6.07 Å². The first-order valence-electron chi connectivity index (χ1n) is 6.98. The highest BCUT2D eigenvalue weighted by Gasteiger charge is 2.34. The van der Waals surface area contributed by atoms with Gasteiger partial charge in [-0.2, -0.15) is 31.6 Å². The molecule has 0 aliphatic heterocycles. The maximum absolute atomic E-state index is 12.9. The fourth-order valence-corrected chi connectivity index (χ4v) is 2.29. The van der Waals surface area contributed by atoms with Gasteiger partial charge in [0.1, 0.15) is 0 Å². The van der Waals surface area contributed by atoms with Crippen LogP contribution in [0.15, 0.2) is 36.4 Å². The summed E-state index contributed by atoms with van der Waals surface area (Å²) >= 11 is 5.45. The summed E-state index contributed by atoms with van der Waals surface area (Å²) in [5, 5.41) is 12.3. The Labute approximate surface area is 153 Å². The molecule has 0 spiro atoms. The van der Waals surface area contributed by atoms with E-state index in [1.807, 2.05) is 0 Å². The Hall–Kier alpha value is -2.93. The molecular formula is C16H8ClF6N3O. The zero-order chi connectivity index (χ0) is 20.4. The van der Waals surface area contributed by atoms with Crippen molar-refractivity contribution < 1.29 is 31.1 Å². The third-order valence-electron chi connectivity index (χ3n) is 3.23. The SMILES string of the molecule is N#Cc1ccc(NC(=O)Nc2ccc(Cl)c(C(F)(F)F)c2)cc1C(F)(F)F. The summed E-state index contributed by atoms with van der Waals surface area (Å²) in [4.78, 5) is 11.9. The molecular weight excluding hydrogens is 400 g/mol. The molecule has 2 N–H and O–H groups in total. The fourth-order valence-electron chi connectivity index (χ4n) is 2.07. The van der Waals surface area contributed by atoms with Crippen LogP contribution in [0, 0.1) is 11.3 Å². The van der Waals surface area contributed by atoms with Gasteiger partial charge in [0.05, 0.1) is 27.8 Å². The standard InChI is InChI=1S/C16H8ClF6N3O/c17-13-4-3-10(6-12(13)16(21,22)23)26-14(27)25-9-2-1-8(7-24)11(5-9)15(18,19)20/h1-6H,(H2,25,26,27). The van der Waals surface area contributed by atoms with Crippen LogP contribution in [-0.2, 0) is 12.4 Å². The number of nitrogens with zero attached hydrogens (tertiary/aromatic N) is 1. The monoisotopic (exact) mass is 407 g/mol. The van der Waals surface area contributed by atoms with Gasteiger partial charge >= 0.3 is 18.4 Å². The Kier molecular flexibility index (Phi) is 5.56. The topological polar surface area (TPSA) is 64.9 Å². The number of rotatable bonds is 2. The van der Waals surface area contributed by atoms with Crippen molar-refractivity contribution in [3.63, 3.8) is 0 Å².